The summed E-state index contributed by atoms with van der Waals surface area (Å²) in [6.45, 7) is 8.63. The lowest BCUT2D eigenvalue weighted by molar-refractivity contribution is 0.0999. The van der Waals surface area contributed by atoms with Crippen LogP contribution in [0, 0.1) is 12.8 Å². The monoisotopic (exact) mass is 328 g/mol. The van der Waals surface area contributed by atoms with E-state index in [2.05, 4.69) is 25.3 Å². The first-order valence-electron chi connectivity index (χ1n) is 8.51. The van der Waals surface area contributed by atoms with Gasteiger partial charge in [0.2, 0.25) is 0 Å². The molecule has 1 unspecified atom stereocenters. The Labute approximate surface area is 144 Å². The van der Waals surface area contributed by atoms with Crippen molar-refractivity contribution < 1.29 is 9.53 Å². The van der Waals surface area contributed by atoms with Gasteiger partial charge in [-0.2, -0.15) is 0 Å². The smallest absolute Gasteiger partial charge is 0.250 e. The average molecular weight is 328 g/mol. The molecule has 1 heterocycles. The normalized spacial score (nSPS) is 12.4. The van der Waals surface area contributed by atoms with Crippen LogP contribution in [0.3, 0.4) is 0 Å². The molecule has 2 N–H and O–H groups in total. The van der Waals surface area contributed by atoms with Gasteiger partial charge < -0.3 is 15.0 Å². The van der Waals surface area contributed by atoms with Crippen LogP contribution in [0.15, 0.2) is 30.3 Å². The van der Waals surface area contributed by atoms with Gasteiger partial charge in [-0.25, -0.2) is 0 Å². The molecule has 24 heavy (non-hydrogen) atoms. The van der Waals surface area contributed by atoms with Gasteiger partial charge in [-0.1, -0.05) is 13.8 Å². The van der Waals surface area contributed by atoms with Crippen molar-refractivity contribution >= 4 is 5.91 Å². The number of primary amides is 1. The molecule has 0 radical (unpaired) electrons. The second-order valence-corrected chi connectivity index (χ2v) is 6.81. The van der Waals surface area contributed by atoms with Crippen molar-refractivity contribution in [1.82, 2.24) is 4.57 Å². The molecule has 2 rings (SSSR count). The van der Waals surface area contributed by atoms with Gasteiger partial charge >= 0.3 is 0 Å². The second-order valence-electron chi connectivity index (χ2n) is 6.81. The summed E-state index contributed by atoms with van der Waals surface area (Å²) in [5, 5.41) is 0. The zero-order chi connectivity index (χ0) is 17.9. The molecule has 0 fully saturated rings. The molecule has 0 aliphatic heterocycles. The summed E-state index contributed by atoms with van der Waals surface area (Å²) in [6.07, 6.45) is 2.21. The number of ether oxygens (including phenoxy) is 1. The summed E-state index contributed by atoms with van der Waals surface area (Å²) in [7, 11) is 1.65. The van der Waals surface area contributed by atoms with Gasteiger partial charge in [0.1, 0.15) is 5.75 Å². The highest BCUT2D eigenvalue weighted by Crippen LogP contribution is 2.32. The number of hydrogen-bond acceptors (Lipinski definition) is 2. The Balaban J connectivity index is 2.48. The maximum Gasteiger partial charge on any atom is 0.250 e. The van der Waals surface area contributed by atoms with Gasteiger partial charge in [-0.05, 0) is 68.5 Å². The van der Waals surface area contributed by atoms with Crippen LogP contribution in [0.5, 0.6) is 5.75 Å². The number of aromatic nitrogens is 1. The first kappa shape index (κ1) is 18.1. The van der Waals surface area contributed by atoms with Crippen molar-refractivity contribution in [2.75, 3.05) is 7.11 Å². The Morgan fingerprint density at radius 2 is 1.79 bits per heavy atom. The highest BCUT2D eigenvalue weighted by Gasteiger charge is 2.20. The number of amides is 1. The number of benzene rings is 1. The van der Waals surface area contributed by atoms with Crippen LogP contribution in [-0.2, 0) is 0 Å². The van der Waals surface area contributed by atoms with Crippen LogP contribution >= 0.6 is 0 Å². The van der Waals surface area contributed by atoms with E-state index in [-0.39, 0.29) is 5.91 Å². The minimum absolute atomic E-state index is 0.303. The summed E-state index contributed by atoms with van der Waals surface area (Å²) < 4.78 is 7.47. The van der Waals surface area contributed by atoms with E-state index in [1.54, 1.807) is 7.11 Å². The zero-order valence-electron chi connectivity index (χ0n) is 15.3. The molecule has 1 aromatic carbocycles. The number of nitrogens with zero attached hydrogens (tertiary/aromatic N) is 1. The topological polar surface area (TPSA) is 57.2 Å². The van der Waals surface area contributed by atoms with Gasteiger partial charge in [0.15, 0.2) is 0 Å². The van der Waals surface area contributed by atoms with Crippen molar-refractivity contribution in [2.45, 2.75) is 46.6 Å². The summed E-state index contributed by atoms with van der Waals surface area (Å²) in [5.74, 6) is 1.09. The first-order valence-corrected chi connectivity index (χ1v) is 8.51. The Morgan fingerprint density at radius 3 is 2.29 bits per heavy atom. The molecule has 4 nitrogen and oxygen atoms in total. The van der Waals surface area contributed by atoms with Crippen LogP contribution in [0.4, 0.5) is 0 Å². The molecule has 0 bridgehead atoms. The van der Waals surface area contributed by atoms with Gasteiger partial charge in [0, 0.05) is 17.4 Å². The Hall–Kier alpha value is -2.23. The van der Waals surface area contributed by atoms with E-state index in [1.165, 1.54) is 0 Å². The minimum Gasteiger partial charge on any atom is -0.497 e. The number of rotatable bonds is 7. The molecule has 0 aliphatic carbocycles. The van der Waals surface area contributed by atoms with Crippen LogP contribution in [0.1, 0.15) is 55.7 Å². The third kappa shape index (κ3) is 3.81. The summed E-state index contributed by atoms with van der Waals surface area (Å²) >= 11 is 0. The fraction of sp³-hybridized carbons (Fsp3) is 0.450. The van der Waals surface area contributed by atoms with E-state index in [0.29, 0.717) is 17.5 Å². The number of carbonyl (C=O) groups is 1. The van der Waals surface area contributed by atoms with Crippen LogP contribution < -0.4 is 10.5 Å². The molecule has 2 aromatic rings. The van der Waals surface area contributed by atoms with E-state index in [4.69, 9.17) is 10.5 Å². The molecule has 0 spiro atoms. The summed E-state index contributed by atoms with van der Waals surface area (Å²) in [6, 6.07) is 10.1. The van der Waals surface area contributed by atoms with Crippen LogP contribution in [0.2, 0.25) is 0 Å². The lowest BCUT2D eigenvalue weighted by atomic mass is 10.0. The predicted octanol–water partition coefficient (Wildman–Crippen LogP) is 4.57. The van der Waals surface area contributed by atoms with Crippen molar-refractivity contribution in [2.24, 2.45) is 11.7 Å². The molecule has 130 valence electrons. The molecule has 4 heteroatoms. The fourth-order valence-electron chi connectivity index (χ4n) is 3.13. The highest BCUT2D eigenvalue weighted by atomic mass is 16.5. The number of methoxy groups -OCH3 is 1. The van der Waals surface area contributed by atoms with Crippen molar-refractivity contribution in [3.8, 4) is 17.0 Å². The predicted molar refractivity (Wildman–Crippen MR) is 98.5 cm³/mol. The Morgan fingerprint density at radius 1 is 1.17 bits per heavy atom. The average Bonchev–Trinajstić information content (AvgIpc) is 2.90. The van der Waals surface area contributed by atoms with E-state index in [9.17, 15) is 4.79 Å². The molecule has 1 atom stereocenters. The Bertz CT molecular complexity index is 699. The third-order valence-electron chi connectivity index (χ3n) is 4.55. The van der Waals surface area contributed by atoms with E-state index in [1.807, 2.05) is 37.3 Å². The fourth-order valence-corrected chi connectivity index (χ4v) is 3.13. The maximum absolute atomic E-state index is 11.8. The molecule has 1 amide bonds. The highest BCUT2D eigenvalue weighted by molar-refractivity contribution is 5.95. The first-order chi connectivity index (χ1) is 11.3. The molecular weight excluding hydrogens is 300 g/mol. The molecule has 0 saturated carbocycles. The molecule has 0 aliphatic rings. The molecule has 1 aromatic heterocycles. The van der Waals surface area contributed by atoms with Gasteiger partial charge in [-0.3, -0.25) is 4.79 Å². The summed E-state index contributed by atoms with van der Waals surface area (Å²) in [4.78, 5) is 11.8. The largest absolute Gasteiger partial charge is 0.497 e. The van der Waals surface area contributed by atoms with E-state index < -0.39 is 0 Å². The lowest BCUT2D eigenvalue weighted by Crippen LogP contribution is -2.14. The molecule has 0 saturated heterocycles. The van der Waals surface area contributed by atoms with Gasteiger partial charge in [0.05, 0.1) is 12.7 Å². The zero-order valence-corrected chi connectivity index (χ0v) is 15.3. The Kier molecular flexibility index (Phi) is 5.71. The van der Waals surface area contributed by atoms with Gasteiger partial charge in [-0.15, -0.1) is 0 Å². The number of hydrogen-bond donors (Lipinski definition) is 1. The minimum atomic E-state index is -0.378. The second kappa shape index (κ2) is 7.56. The van der Waals surface area contributed by atoms with E-state index in [0.717, 1.165) is 35.5 Å². The quantitative estimate of drug-likeness (QED) is 0.809. The third-order valence-corrected chi connectivity index (χ3v) is 4.55. The lowest BCUT2D eigenvalue weighted by Gasteiger charge is -2.21. The van der Waals surface area contributed by atoms with Crippen LogP contribution in [0.25, 0.3) is 11.3 Å². The number of nitrogens with two attached hydrogens (primary N) is 1. The summed E-state index contributed by atoms with van der Waals surface area (Å²) in [5.41, 5.74) is 9.19. The van der Waals surface area contributed by atoms with Crippen molar-refractivity contribution in [3.63, 3.8) is 0 Å². The van der Waals surface area contributed by atoms with Gasteiger partial charge in [0.25, 0.3) is 5.91 Å². The van der Waals surface area contributed by atoms with Crippen molar-refractivity contribution in [3.05, 3.63) is 41.6 Å². The SMILES string of the molecule is COc1ccc(-c2cc(C(N)=O)c(C)n2C(C)CCC(C)C)cc1. The van der Waals surface area contributed by atoms with Crippen LogP contribution in [-0.4, -0.2) is 17.6 Å². The number of carbonyl (C=O) groups excluding carboxylic acids is 1. The standard InChI is InChI=1S/C20H28N2O2/c1-13(2)6-7-14(3)22-15(4)18(20(21)23)12-19(22)16-8-10-17(24-5)11-9-16/h8-14H,6-7H2,1-5H3,(H2,21,23). The van der Waals surface area contributed by atoms with E-state index >= 15 is 0 Å². The van der Waals surface area contributed by atoms with Crippen molar-refractivity contribution in [1.29, 1.82) is 0 Å². The maximum atomic E-state index is 11.8. The molecular formula is C20H28N2O2.